The Hall–Kier alpha value is -2.56. The van der Waals surface area contributed by atoms with Gasteiger partial charge in [0.25, 0.3) is 5.91 Å². The van der Waals surface area contributed by atoms with Gasteiger partial charge < -0.3 is 14.8 Å². The Morgan fingerprint density at radius 2 is 1.64 bits per heavy atom. The van der Waals surface area contributed by atoms with E-state index < -0.39 is 0 Å². The van der Waals surface area contributed by atoms with Crippen molar-refractivity contribution >= 4 is 5.91 Å². The molecule has 0 saturated carbocycles. The second-order valence-corrected chi connectivity index (χ2v) is 4.81. The Kier molecular flexibility index (Phi) is 4.99. The van der Waals surface area contributed by atoms with E-state index >= 15 is 0 Å². The lowest BCUT2D eigenvalue weighted by atomic mass is 10.1. The molecule has 2 rings (SSSR count). The van der Waals surface area contributed by atoms with E-state index in [2.05, 4.69) is 5.32 Å². The number of halogens is 1. The summed E-state index contributed by atoms with van der Waals surface area (Å²) in [5, 5.41) is 2.78. The SMILES string of the molecule is COc1cc(C(=O)NCc2ccc(F)cc2)cc(OC)c1C. The number of hydrogen-bond donors (Lipinski definition) is 1. The molecule has 0 aliphatic rings. The minimum Gasteiger partial charge on any atom is -0.496 e. The molecule has 22 heavy (non-hydrogen) atoms. The standard InChI is InChI=1S/C17H18FNO3/c1-11-15(21-2)8-13(9-16(11)22-3)17(20)19-10-12-4-6-14(18)7-5-12/h4-9H,10H2,1-3H3,(H,19,20). The van der Waals surface area contributed by atoms with Crippen LogP contribution in [0.2, 0.25) is 0 Å². The first-order valence-electron chi connectivity index (χ1n) is 6.80. The zero-order valence-electron chi connectivity index (χ0n) is 12.8. The maximum absolute atomic E-state index is 12.8. The Labute approximate surface area is 128 Å². The van der Waals surface area contributed by atoms with Gasteiger partial charge in [-0.1, -0.05) is 12.1 Å². The van der Waals surface area contributed by atoms with Crippen molar-refractivity contribution in [1.82, 2.24) is 5.32 Å². The van der Waals surface area contributed by atoms with Crippen LogP contribution in [0.15, 0.2) is 36.4 Å². The molecular weight excluding hydrogens is 285 g/mol. The number of carbonyl (C=O) groups is 1. The highest BCUT2D eigenvalue weighted by Gasteiger charge is 2.13. The van der Waals surface area contributed by atoms with Gasteiger partial charge in [-0.15, -0.1) is 0 Å². The normalized spacial score (nSPS) is 10.2. The molecule has 0 fully saturated rings. The third kappa shape index (κ3) is 3.55. The van der Waals surface area contributed by atoms with Crippen molar-refractivity contribution in [3.63, 3.8) is 0 Å². The van der Waals surface area contributed by atoms with E-state index in [1.165, 1.54) is 12.1 Å². The first-order valence-corrected chi connectivity index (χ1v) is 6.80. The molecule has 116 valence electrons. The van der Waals surface area contributed by atoms with E-state index in [1.54, 1.807) is 38.5 Å². The summed E-state index contributed by atoms with van der Waals surface area (Å²) in [5.41, 5.74) is 2.10. The Bertz CT molecular complexity index is 643. The van der Waals surface area contributed by atoms with Crippen molar-refractivity contribution in [3.8, 4) is 11.5 Å². The molecule has 0 spiro atoms. The third-order valence-electron chi connectivity index (χ3n) is 3.38. The first kappa shape index (κ1) is 15.8. The van der Waals surface area contributed by atoms with Crippen LogP contribution in [0.3, 0.4) is 0 Å². The highest BCUT2D eigenvalue weighted by molar-refractivity contribution is 5.95. The maximum atomic E-state index is 12.8. The lowest BCUT2D eigenvalue weighted by Gasteiger charge is -2.12. The molecule has 0 aliphatic heterocycles. The van der Waals surface area contributed by atoms with Gasteiger partial charge in [-0.3, -0.25) is 4.79 Å². The molecular formula is C17H18FNO3. The smallest absolute Gasteiger partial charge is 0.251 e. The monoisotopic (exact) mass is 303 g/mol. The number of ether oxygens (including phenoxy) is 2. The van der Waals surface area contributed by atoms with Crippen molar-refractivity contribution in [2.75, 3.05) is 14.2 Å². The van der Waals surface area contributed by atoms with Gasteiger partial charge in [-0.2, -0.15) is 0 Å². The summed E-state index contributed by atoms with van der Waals surface area (Å²) in [6, 6.07) is 9.31. The van der Waals surface area contributed by atoms with E-state index in [-0.39, 0.29) is 11.7 Å². The largest absolute Gasteiger partial charge is 0.496 e. The quantitative estimate of drug-likeness (QED) is 0.923. The average molecular weight is 303 g/mol. The molecule has 0 radical (unpaired) electrons. The number of methoxy groups -OCH3 is 2. The molecule has 0 unspecified atom stereocenters. The van der Waals surface area contributed by atoms with Gasteiger partial charge in [0.2, 0.25) is 0 Å². The van der Waals surface area contributed by atoms with E-state index in [9.17, 15) is 9.18 Å². The van der Waals surface area contributed by atoms with Gasteiger partial charge in [0.15, 0.2) is 0 Å². The summed E-state index contributed by atoms with van der Waals surface area (Å²) in [7, 11) is 3.09. The highest BCUT2D eigenvalue weighted by atomic mass is 19.1. The summed E-state index contributed by atoms with van der Waals surface area (Å²) in [6.07, 6.45) is 0. The highest BCUT2D eigenvalue weighted by Crippen LogP contribution is 2.29. The predicted molar refractivity (Wildman–Crippen MR) is 81.9 cm³/mol. The minimum absolute atomic E-state index is 0.249. The lowest BCUT2D eigenvalue weighted by molar-refractivity contribution is 0.0950. The summed E-state index contributed by atoms with van der Waals surface area (Å²) in [4.78, 5) is 12.2. The van der Waals surface area contributed by atoms with Crippen LogP contribution in [0, 0.1) is 12.7 Å². The second-order valence-electron chi connectivity index (χ2n) is 4.81. The summed E-state index contributed by atoms with van der Waals surface area (Å²) in [6.45, 7) is 2.18. The molecule has 0 aromatic heterocycles. The summed E-state index contributed by atoms with van der Waals surface area (Å²) < 4.78 is 23.3. The Morgan fingerprint density at radius 3 is 2.14 bits per heavy atom. The van der Waals surface area contributed by atoms with Crippen LogP contribution in [-0.2, 0) is 6.54 Å². The van der Waals surface area contributed by atoms with Gasteiger partial charge in [0.1, 0.15) is 17.3 Å². The summed E-state index contributed by atoms with van der Waals surface area (Å²) >= 11 is 0. The predicted octanol–water partition coefficient (Wildman–Crippen LogP) is 3.08. The molecule has 0 bridgehead atoms. The molecule has 0 saturated heterocycles. The summed E-state index contributed by atoms with van der Waals surface area (Å²) in [5.74, 6) is 0.626. The zero-order chi connectivity index (χ0) is 16.1. The number of benzene rings is 2. The molecule has 2 aromatic rings. The van der Waals surface area contributed by atoms with Gasteiger partial charge >= 0.3 is 0 Å². The first-order chi connectivity index (χ1) is 10.5. The number of rotatable bonds is 5. The fourth-order valence-electron chi connectivity index (χ4n) is 2.10. The number of amides is 1. The van der Waals surface area contributed by atoms with Crippen LogP contribution in [0.25, 0.3) is 0 Å². The topological polar surface area (TPSA) is 47.6 Å². The van der Waals surface area contributed by atoms with E-state index in [1.807, 2.05) is 6.92 Å². The second kappa shape index (κ2) is 6.93. The van der Waals surface area contributed by atoms with Crippen LogP contribution in [0.1, 0.15) is 21.5 Å². The van der Waals surface area contributed by atoms with Crippen molar-refractivity contribution < 1.29 is 18.7 Å². The van der Waals surface area contributed by atoms with Crippen LogP contribution < -0.4 is 14.8 Å². The van der Waals surface area contributed by atoms with E-state index in [0.29, 0.717) is 23.6 Å². The van der Waals surface area contributed by atoms with Crippen LogP contribution >= 0.6 is 0 Å². The third-order valence-corrected chi connectivity index (χ3v) is 3.38. The molecule has 4 nitrogen and oxygen atoms in total. The molecule has 0 atom stereocenters. The van der Waals surface area contributed by atoms with Gasteiger partial charge in [0, 0.05) is 17.7 Å². The van der Waals surface area contributed by atoms with E-state index in [0.717, 1.165) is 11.1 Å². The Morgan fingerprint density at radius 1 is 1.09 bits per heavy atom. The van der Waals surface area contributed by atoms with Crippen molar-refractivity contribution in [3.05, 3.63) is 58.9 Å². The van der Waals surface area contributed by atoms with Crippen molar-refractivity contribution in [2.45, 2.75) is 13.5 Å². The van der Waals surface area contributed by atoms with E-state index in [4.69, 9.17) is 9.47 Å². The molecule has 2 aromatic carbocycles. The van der Waals surface area contributed by atoms with Gasteiger partial charge in [0.05, 0.1) is 14.2 Å². The zero-order valence-corrected chi connectivity index (χ0v) is 12.8. The number of carbonyl (C=O) groups excluding carboxylic acids is 1. The van der Waals surface area contributed by atoms with Gasteiger partial charge in [-0.25, -0.2) is 4.39 Å². The maximum Gasteiger partial charge on any atom is 0.251 e. The molecule has 5 heteroatoms. The molecule has 1 N–H and O–H groups in total. The lowest BCUT2D eigenvalue weighted by Crippen LogP contribution is -2.23. The number of nitrogens with one attached hydrogen (secondary N) is 1. The number of hydrogen-bond acceptors (Lipinski definition) is 3. The molecule has 0 aliphatic carbocycles. The molecule has 1 amide bonds. The van der Waals surface area contributed by atoms with Crippen LogP contribution in [0.4, 0.5) is 4.39 Å². The fraction of sp³-hybridized carbons (Fsp3) is 0.235. The minimum atomic E-state index is -0.303. The van der Waals surface area contributed by atoms with Crippen LogP contribution in [-0.4, -0.2) is 20.1 Å². The van der Waals surface area contributed by atoms with Crippen LogP contribution in [0.5, 0.6) is 11.5 Å². The molecule has 0 heterocycles. The van der Waals surface area contributed by atoms with Gasteiger partial charge in [-0.05, 0) is 36.8 Å². The Balaban J connectivity index is 2.13. The average Bonchev–Trinajstić information content (AvgIpc) is 2.54. The van der Waals surface area contributed by atoms with Crippen molar-refractivity contribution in [1.29, 1.82) is 0 Å². The van der Waals surface area contributed by atoms with Crippen molar-refractivity contribution in [2.24, 2.45) is 0 Å². The fourth-order valence-corrected chi connectivity index (χ4v) is 2.10.